The highest BCUT2D eigenvalue weighted by atomic mass is 15.1. The summed E-state index contributed by atoms with van der Waals surface area (Å²) in [5, 5.41) is 0. The fourth-order valence-electron chi connectivity index (χ4n) is 1.67. The minimum Gasteiger partial charge on any atom is -0.360 e. The second-order valence-corrected chi connectivity index (χ2v) is 4.01. The predicted octanol–water partition coefficient (Wildman–Crippen LogP) is 2.56. The molecule has 0 fully saturated rings. The van der Waals surface area contributed by atoms with Gasteiger partial charge < -0.3 is 10.6 Å². The average molecular weight is 216 g/mol. The summed E-state index contributed by atoms with van der Waals surface area (Å²) in [6, 6.07) is 8.40. The van der Waals surface area contributed by atoms with Crippen molar-refractivity contribution in [3.8, 4) is 12.3 Å². The van der Waals surface area contributed by atoms with Gasteiger partial charge >= 0.3 is 0 Å². The van der Waals surface area contributed by atoms with Crippen LogP contribution in [0.4, 0.5) is 5.69 Å². The normalized spacial score (nSPS) is 11.9. The molecular formula is C14H20N2. The van der Waals surface area contributed by atoms with E-state index in [4.69, 9.17) is 12.2 Å². The van der Waals surface area contributed by atoms with Crippen molar-refractivity contribution in [2.45, 2.75) is 26.3 Å². The number of benzene rings is 1. The lowest BCUT2D eigenvalue weighted by molar-refractivity contribution is 0.809. The Kier molecular flexibility index (Phi) is 4.88. The predicted molar refractivity (Wildman–Crippen MR) is 70.4 cm³/mol. The Hall–Kier alpha value is -1.46. The van der Waals surface area contributed by atoms with E-state index in [1.807, 2.05) is 6.92 Å². The van der Waals surface area contributed by atoms with Gasteiger partial charge in [-0.2, -0.15) is 0 Å². The number of anilines is 1. The zero-order chi connectivity index (χ0) is 12.0. The summed E-state index contributed by atoms with van der Waals surface area (Å²) in [4.78, 5) is 2.20. The molecule has 0 amide bonds. The Morgan fingerprint density at radius 3 is 2.44 bits per heavy atom. The van der Waals surface area contributed by atoms with Crippen molar-refractivity contribution in [3.63, 3.8) is 0 Å². The molecular weight excluding hydrogens is 196 g/mol. The molecule has 16 heavy (non-hydrogen) atoms. The molecule has 1 rings (SSSR count). The SMILES string of the molecule is C#CCN(CCC)c1ccc([C@@H](C)N)cc1. The molecule has 0 aromatic heterocycles. The summed E-state index contributed by atoms with van der Waals surface area (Å²) < 4.78 is 0. The third-order valence-corrected chi connectivity index (χ3v) is 2.56. The summed E-state index contributed by atoms with van der Waals surface area (Å²) in [7, 11) is 0. The van der Waals surface area contributed by atoms with E-state index >= 15 is 0 Å². The number of rotatable bonds is 5. The van der Waals surface area contributed by atoms with Crippen molar-refractivity contribution in [3.05, 3.63) is 29.8 Å². The Balaban J connectivity index is 2.81. The Morgan fingerprint density at radius 1 is 1.38 bits per heavy atom. The molecule has 0 aliphatic heterocycles. The summed E-state index contributed by atoms with van der Waals surface area (Å²) in [6.45, 7) is 5.78. The van der Waals surface area contributed by atoms with Gasteiger partial charge in [0.15, 0.2) is 0 Å². The molecule has 0 bridgehead atoms. The lowest BCUT2D eigenvalue weighted by Crippen LogP contribution is -2.24. The van der Waals surface area contributed by atoms with Crippen molar-refractivity contribution in [2.75, 3.05) is 18.0 Å². The van der Waals surface area contributed by atoms with E-state index in [2.05, 4.69) is 42.0 Å². The van der Waals surface area contributed by atoms with Crippen LogP contribution in [0.5, 0.6) is 0 Å². The lowest BCUT2D eigenvalue weighted by Gasteiger charge is -2.22. The molecule has 2 nitrogen and oxygen atoms in total. The summed E-state index contributed by atoms with van der Waals surface area (Å²) in [6.07, 6.45) is 6.46. The highest BCUT2D eigenvalue weighted by Crippen LogP contribution is 2.18. The lowest BCUT2D eigenvalue weighted by atomic mass is 10.1. The monoisotopic (exact) mass is 216 g/mol. The van der Waals surface area contributed by atoms with E-state index in [0.29, 0.717) is 6.54 Å². The van der Waals surface area contributed by atoms with Crippen molar-refractivity contribution >= 4 is 5.69 Å². The second kappa shape index (κ2) is 6.19. The van der Waals surface area contributed by atoms with Crippen LogP contribution in [0.25, 0.3) is 0 Å². The van der Waals surface area contributed by atoms with Gasteiger partial charge in [-0.3, -0.25) is 0 Å². The molecule has 0 heterocycles. The van der Waals surface area contributed by atoms with Crippen LogP contribution in [0.15, 0.2) is 24.3 Å². The van der Waals surface area contributed by atoms with Crippen LogP contribution in [-0.2, 0) is 0 Å². The standard InChI is InChI=1S/C14H20N2/c1-4-10-16(11-5-2)14-8-6-13(7-9-14)12(3)15/h1,6-9,12H,5,10-11,15H2,2-3H3/t12-/m1/s1. The average Bonchev–Trinajstić information content (AvgIpc) is 2.29. The summed E-state index contributed by atoms with van der Waals surface area (Å²) in [5.74, 6) is 2.69. The first-order valence-electron chi connectivity index (χ1n) is 5.73. The van der Waals surface area contributed by atoms with Crippen LogP contribution in [0.2, 0.25) is 0 Å². The number of terminal acetylenes is 1. The van der Waals surface area contributed by atoms with Gasteiger partial charge in [0.05, 0.1) is 6.54 Å². The van der Waals surface area contributed by atoms with Gasteiger partial charge in [0.1, 0.15) is 0 Å². The van der Waals surface area contributed by atoms with Crippen molar-refractivity contribution in [2.24, 2.45) is 5.73 Å². The fraction of sp³-hybridized carbons (Fsp3) is 0.429. The molecule has 0 saturated heterocycles. The third kappa shape index (κ3) is 3.29. The first-order valence-corrected chi connectivity index (χ1v) is 5.73. The molecule has 0 saturated carbocycles. The molecule has 2 heteroatoms. The van der Waals surface area contributed by atoms with E-state index in [9.17, 15) is 0 Å². The van der Waals surface area contributed by atoms with E-state index in [1.165, 1.54) is 5.69 Å². The minimum atomic E-state index is 0.0845. The van der Waals surface area contributed by atoms with Crippen molar-refractivity contribution in [1.82, 2.24) is 0 Å². The van der Waals surface area contributed by atoms with Crippen LogP contribution < -0.4 is 10.6 Å². The van der Waals surface area contributed by atoms with E-state index in [-0.39, 0.29) is 6.04 Å². The zero-order valence-corrected chi connectivity index (χ0v) is 10.1. The summed E-state index contributed by atoms with van der Waals surface area (Å²) in [5.41, 5.74) is 8.14. The van der Waals surface area contributed by atoms with Gasteiger partial charge in [-0.1, -0.05) is 25.0 Å². The molecule has 0 radical (unpaired) electrons. The summed E-state index contributed by atoms with van der Waals surface area (Å²) >= 11 is 0. The first kappa shape index (κ1) is 12.6. The molecule has 1 aromatic carbocycles. The van der Waals surface area contributed by atoms with Crippen LogP contribution in [0.3, 0.4) is 0 Å². The smallest absolute Gasteiger partial charge is 0.0791 e. The molecule has 0 aliphatic rings. The molecule has 0 spiro atoms. The van der Waals surface area contributed by atoms with Gasteiger partial charge in [-0.15, -0.1) is 6.42 Å². The van der Waals surface area contributed by atoms with Gasteiger partial charge in [0, 0.05) is 18.3 Å². The second-order valence-electron chi connectivity index (χ2n) is 4.01. The van der Waals surface area contributed by atoms with Crippen LogP contribution in [-0.4, -0.2) is 13.1 Å². The Morgan fingerprint density at radius 2 is 2.00 bits per heavy atom. The number of hydrogen-bond donors (Lipinski definition) is 1. The maximum absolute atomic E-state index is 5.81. The Labute approximate surface area is 98.4 Å². The molecule has 86 valence electrons. The van der Waals surface area contributed by atoms with Crippen LogP contribution >= 0.6 is 0 Å². The van der Waals surface area contributed by atoms with Gasteiger partial charge in [-0.25, -0.2) is 0 Å². The minimum absolute atomic E-state index is 0.0845. The fourth-order valence-corrected chi connectivity index (χ4v) is 1.67. The topological polar surface area (TPSA) is 29.3 Å². The number of hydrogen-bond acceptors (Lipinski definition) is 2. The van der Waals surface area contributed by atoms with Gasteiger partial charge in [0.25, 0.3) is 0 Å². The van der Waals surface area contributed by atoms with Gasteiger partial charge in [0.2, 0.25) is 0 Å². The van der Waals surface area contributed by atoms with Crippen LogP contribution in [0.1, 0.15) is 31.9 Å². The molecule has 2 N–H and O–H groups in total. The highest BCUT2D eigenvalue weighted by molar-refractivity contribution is 5.49. The number of nitrogens with two attached hydrogens (primary N) is 1. The quantitative estimate of drug-likeness (QED) is 0.766. The van der Waals surface area contributed by atoms with E-state index in [0.717, 1.165) is 18.5 Å². The first-order chi connectivity index (χ1) is 7.69. The van der Waals surface area contributed by atoms with Crippen molar-refractivity contribution in [1.29, 1.82) is 0 Å². The van der Waals surface area contributed by atoms with Gasteiger partial charge in [-0.05, 0) is 31.0 Å². The number of nitrogens with zero attached hydrogens (tertiary/aromatic N) is 1. The third-order valence-electron chi connectivity index (χ3n) is 2.56. The molecule has 0 aliphatic carbocycles. The largest absolute Gasteiger partial charge is 0.360 e. The van der Waals surface area contributed by atoms with E-state index < -0.39 is 0 Å². The molecule has 0 unspecified atom stereocenters. The Bertz CT molecular complexity index is 346. The highest BCUT2D eigenvalue weighted by Gasteiger charge is 2.04. The maximum atomic E-state index is 5.81. The maximum Gasteiger partial charge on any atom is 0.0791 e. The van der Waals surface area contributed by atoms with E-state index in [1.54, 1.807) is 0 Å². The zero-order valence-electron chi connectivity index (χ0n) is 10.1. The van der Waals surface area contributed by atoms with Crippen LogP contribution in [0, 0.1) is 12.3 Å². The van der Waals surface area contributed by atoms with Crippen molar-refractivity contribution < 1.29 is 0 Å². The molecule has 1 aromatic rings. The molecule has 1 atom stereocenters.